The van der Waals surface area contributed by atoms with Gasteiger partial charge in [0.25, 0.3) is 0 Å². The molecule has 5 heteroatoms. The molecule has 0 saturated carbocycles. The van der Waals surface area contributed by atoms with E-state index in [2.05, 4.69) is 11.8 Å². The van der Waals surface area contributed by atoms with Crippen LogP contribution < -0.4 is 5.73 Å². The molecule has 0 aliphatic carbocycles. The Morgan fingerprint density at radius 3 is 2.78 bits per heavy atom. The van der Waals surface area contributed by atoms with Crippen LogP contribution >= 0.6 is 12.2 Å². The van der Waals surface area contributed by atoms with Gasteiger partial charge in [-0.15, -0.1) is 0 Å². The molecule has 0 spiro atoms. The van der Waals surface area contributed by atoms with Crippen molar-refractivity contribution >= 4 is 17.2 Å². The summed E-state index contributed by atoms with van der Waals surface area (Å²) in [5, 5.41) is 0. The van der Waals surface area contributed by atoms with Crippen LogP contribution in [-0.2, 0) is 11.3 Å². The van der Waals surface area contributed by atoms with Gasteiger partial charge in [-0.05, 0) is 24.2 Å². The second kappa shape index (κ2) is 7.41. The molecule has 18 heavy (non-hydrogen) atoms. The Kier molecular flexibility index (Phi) is 6.18. The minimum atomic E-state index is -0.369. The predicted molar refractivity (Wildman–Crippen MR) is 75.1 cm³/mol. The number of methoxy groups -OCH3 is 1. The fourth-order valence-corrected chi connectivity index (χ4v) is 1.84. The summed E-state index contributed by atoms with van der Waals surface area (Å²) in [5.74, 6) is -0.369. The fourth-order valence-electron chi connectivity index (χ4n) is 1.69. The number of likely N-dealkylation sites (N-methyl/N-ethyl adjacent to an activating group) is 1. The minimum Gasteiger partial charge on any atom is -0.389 e. The molecule has 1 aromatic carbocycles. The van der Waals surface area contributed by atoms with E-state index in [0.29, 0.717) is 12.2 Å². The molecular weight excluding hydrogens is 251 g/mol. The molecule has 0 radical (unpaired) electrons. The van der Waals surface area contributed by atoms with Gasteiger partial charge in [-0.2, -0.15) is 0 Å². The number of hydrogen-bond donors (Lipinski definition) is 1. The Hall–Kier alpha value is -1.04. The highest BCUT2D eigenvalue weighted by Crippen LogP contribution is 2.12. The molecule has 0 bridgehead atoms. The van der Waals surface area contributed by atoms with Crippen molar-refractivity contribution in [2.75, 3.05) is 26.8 Å². The summed E-state index contributed by atoms with van der Waals surface area (Å²) in [6, 6.07) is 4.88. The average Bonchev–Trinajstić information content (AvgIpc) is 2.36. The van der Waals surface area contributed by atoms with E-state index in [9.17, 15) is 4.39 Å². The maximum Gasteiger partial charge on any atom is 0.133 e. The maximum atomic E-state index is 13.4. The van der Waals surface area contributed by atoms with Crippen LogP contribution in [0.5, 0.6) is 0 Å². The second-order valence-corrected chi connectivity index (χ2v) is 4.48. The van der Waals surface area contributed by atoms with Gasteiger partial charge in [0, 0.05) is 25.8 Å². The van der Waals surface area contributed by atoms with E-state index in [1.165, 1.54) is 6.07 Å². The molecule has 0 aliphatic heterocycles. The van der Waals surface area contributed by atoms with Crippen molar-refractivity contribution in [3.8, 4) is 0 Å². The summed E-state index contributed by atoms with van der Waals surface area (Å²) >= 11 is 4.83. The predicted octanol–water partition coefficient (Wildman–Crippen LogP) is 1.93. The lowest BCUT2D eigenvalue weighted by atomic mass is 10.1. The fraction of sp³-hybridized carbons (Fsp3) is 0.462. The molecule has 0 saturated heterocycles. The topological polar surface area (TPSA) is 38.5 Å². The van der Waals surface area contributed by atoms with Crippen LogP contribution in [0.15, 0.2) is 18.2 Å². The number of halogens is 1. The first-order chi connectivity index (χ1) is 8.58. The summed E-state index contributed by atoms with van der Waals surface area (Å²) in [4.78, 5) is 2.30. The Labute approximate surface area is 113 Å². The minimum absolute atomic E-state index is 0.0919. The summed E-state index contributed by atoms with van der Waals surface area (Å²) in [7, 11) is 1.68. The van der Waals surface area contributed by atoms with E-state index < -0.39 is 0 Å². The molecule has 1 rings (SSSR count). The van der Waals surface area contributed by atoms with Gasteiger partial charge in [0.1, 0.15) is 10.8 Å². The van der Waals surface area contributed by atoms with Gasteiger partial charge < -0.3 is 10.5 Å². The monoisotopic (exact) mass is 270 g/mol. The third kappa shape index (κ3) is 4.33. The Balaban J connectivity index is 2.77. The zero-order chi connectivity index (χ0) is 13.5. The normalized spacial score (nSPS) is 10.9. The third-order valence-electron chi connectivity index (χ3n) is 2.76. The van der Waals surface area contributed by atoms with Gasteiger partial charge >= 0.3 is 0 Å². The Morgan fingerprint density at radius 2 is 2.22 bits per heavy atom. The van der Waals surface area contributed by atoms with Crippen LogP contribution in [0.25, 0.3) is 0 Å². The number of ether oxygens (including phenoxy) is 1. The average molecular weight is 270 g/mol. The van der Waals surface area contributed by atoms with Crippen molar-refractivity contribution < 1.29 is 9.13 Å². The van der Waals surface area contributed by atoms with E-state index in [4.69, 9.17) is 22.7 Å². The molecule has 0 aliphatic rings. The first-order valence-corrected chi connectivity index (χ1v) is 6.28. The number of nitrogens with two attached hydrogens (primary N) is 1. The van der Waals surface area contributed by atoms with Gasteiger partial charge in [0.2, 0.25) is 0 Å². The van der Waals surface area contributed by atoms with Crippen LogP contribution in [0.4, 0.5) is 4.39 Å². The van der Waals surface area contributed by atoms with Crippen molar-refractivity contribution in [2.45, 2.75) is 13.5 Å². The molecule has 0 aromatic heterocycles. The SMILES string of the molecule is CCN(CCOC)Cc1ccc(F)c(C(N)=S)c1. The highest BCUT2D eigenvalue weighted by atomic mass is 32.1. The van der Waals surface area contributed by atoms with Crippen LogP contribution in [0, 0.1) is 5.82 Å². The number of nitrogens with zero attached hydrogens (tertiary/aromatic N) is 1. The van der Waals surface area contributed by atoms with E-state index in [0.717, 1.165) is 25.2 Å². The second-order valence-electron chi connectivity index (χ2n) is 4.04. The third-order valence-corrected chi connectivity index (χ3v) is 2.98. The van der Waals surface area contributed by atoms with Gasteiger partial charge in [0.15, 0.2) is 0 Å². The van der Waals surface area contributed by atoms with E-state index in [1.54, 1.807) is 19.2 Å². The molecule has 0 atom stereocenters. The molecule has 0 heterocycles. The van der Waals surface area contributed by atoms with Crippen LogP contribution in [-0.4, -0.2) is 36.7 Å². The van der Waals surface area contributed by atoms with Crippen LogP contribution in [0.3, 0.4) is 0 Å². The van der Waals surface area contributed by atoms with Crippen molar-refractivity contribution in [1.82, 2.24) is 4.90 Å². The summed E-state index contributed by atoms with van der Waals surface area (Å²) < 4.78 is 18.5. The molecule has 100 valence electrons. The molecule has 0 fully saturated rings. The van der Waals surface area contributed by atoms with E-state index in [-0.39, 0.29) is 10.8 Å². The summed E-state index contributed by atoms with van der Waals surface area (Å²) in [6.07, 6.45) is 0. The number of benzene rings is 1. The molecule has 2 N–H and O–H groups in total. The lowest BCUT2D eigenvalue weighted by Gasteiger charge is -2.20. The summed E-state index contributed by atoms with van der Waals surface area (Å²) in [5.41, 5.74) is 6.79. The number of thiocarbonyl (C=S) groups is 1. The first-order valence-electron chi connectivity index (χ1n) is 5.88. The van der Waals surface area contributed by atoms with Crippen LogP contribution in [0.2, 0.25) is 0 Å². The van der Waals surface area contributed by atoms with E-state index in [1.807, 2.05) is 0 Å². The van der Waals surface area contributed by atoms with Crippen LogP contribution in [0.1, 0.15) is 18.1 Å². The zero-order valence-corrected chi connectivity index (χ0v) is 11.6. The van der Waals surface area contributed by atoms with Gasteiger partial charge in [-0.3, -0.25) is 4.90 Å². The van der Waals surface area contributed by atoms with Gasteiger partial charge in [0.05, 0.1) is 6.61 Å². The standard InChI is InChI=1S/C13H19FN2OS/c1-3-16(6-7-17-2)9-10-4-5-12(14)11(8-10)13(15)18/h4-5,8H,3,6-7,9H2,1-2H3,(H2,15,18). The molecule has 1 aromatic rings. The molecule has 0 amide bonds. The lowest BCUT2D eigenvalue weighted by molar-refractivity contribution is 0.147. The van der Waals surface area contributed by atoms with Gasteiger partial charge in [-0.1, -0.05) is 25.2 Å². The number of hydrogen-bond acceptors (Lipinski definition) is 3. The largest absolute Gasteiger partial charge is 0.389 e. The van der Waals surface area contributed by atoms with Crippen molar-refractivity contribution in [3.63, 3.8) is 0 Å². The van der Waals surface area contributed by atoms with E-state index >= 15 is 0 Å². The van der Waals surface area contributed by atoms with Crippen molar-refractivity contribution in [3.05, 3.63) is 35.1 Å². The zero-order valence-electron chi connectivity index (χ0n) is 10.8. The van der Waals surface area contributed by atoms with Crippen molar-refractivity contribution in [1.29, 1.82) is 0 Å². The molecular formula is C13H19FN2OS. The first kappa shape index (κ1) is 15.0. The maximum absolute atomic E-state index is 13.4. The van der Waals surface area contributed by atoms with Gasteiger partial charge in [-0.25, -0.2) is 4.39 Å². The smallest absolute Gasteiger partial charge is 0.133 e. The highest BCUT2D eigenvalue weighted by molar-refractivity contribution is 7.80. The summed E-state index contributed by atoms with van der Waals surface area (Å²) in [6.45, 7) is 5.23. The lowest BCUT2D eigenvalue weighted by Crippen LogP contribution is -2.27. The Morgan fingerprint density at radius 1 is 1.50 bits per heavy atom. The highest BCUT2D eigenvalue weighted by Gasteiger charge is 2.08. The molecule has 3 nitrogen and oxygen atoms in total. The Bertz CT molecular complexity index is 412. The van der Waals surface area contributed by atoms with Crippen molar-refractivity contribution in [2.24, 2.45) is 5.73 Å². The quantitative estimate of drug-likeness (QED) is 0.768. The molecule has 0 unspecified atom stereocenters. The number of rotatable bonds is 7.